The Hall–Kier alpha value is -1.07. The maximum Gasteiger partial charge on any atom is 0.214 e. The zero-order chi connectivity index (χ0) is 14.6. The molecule has 0 amide bonds. The monoisotopic (exact) mass is 296 g/mol. The fourth-order valence-electron chi connectivity index (χ4n) is 2.61. The van der Waals surface area contributed by atoms with E-state index in [9.17, 15) is 8.42 Å². The van der Waals surface area contributed by atoms with Crippen LogP contribution in [0.15, 0.2) is 24.3 Å². The third-order valence-electron chi connectivity index (χ3n) is 3.91. The summed E-state index contributed by atoms with van der Waals surface area (Å²) in [6, 6.07) is 8.22. The normalized spacial score (nSPS) is 16.5. The largest absolute Gasteiger partial charge is 0.378 e. The van der Waals surface area contributed by atoms with E-state index in [0.29, 0.717) is 6.54 Å². The van der Waals surface area contributed by atoms with Crippen LogP contribution < -0.4 is 9.62 Å². The lowest BCUT2D eigenvalue weighted by Crippen LogP contribution is -2.34. The molecule has 0 unspecified atom stereocenters. The number of nitrogens with zero attached hydrogens (tertiary/aromatic N) is 1. The Balaban J connectivity index is 1.83. The van der Waals surface area contributed by atoms with Crippen molar-refractivity contribution < 1.29 is 8.42 Å². The van der Waals surface area contributed by atoms with Crippen molar-refractivity contribution in [3.63, 3.8) is 0 Å². The Kier molecular flexibility index (Phi) is 5.05. The minimum atomic E-state index is -3.11. The van der Waals surface area contributed by atoms with Gasteiger partial charge in [-0.05, 0) is 37.0 Å². The van der Waals surface area contributed by atoms with E-state index in [1.54, 1.807) is 0 Å². The van der Waals surface area contributed by atoms with Crippen LogP contribution in [0.1, 0.15) is 31.2 Å². The Bertz CT molecular complexity index is 517. The molecule has 0 spiro atoms. The van der Waals surface area contributed by atoms with Gasteiger partial charge in [-0.25, -0.2) is 13.1 Å². The Labute approximate surface area is 122 Å². The van der Waals surface area contributed by atoms with Crippen LogP contribution in [-0.2, 0) is 16.4 Å². The van der Waals surface area contributed by atoms with E-state index in [-0.39, 0.29) is 5.25 Å². The van der Waals surface area contributed by atoms with E-state index >= 15 is 0 Å². The molecule has 4 nitrogen and oxygen atoms in total. The van der Waals surface area contributed by atoms with Crippen LogP contribution in [0.2, 0.25) is 0 Å². The van der Waals surface area contributed by atoms with Gasteiger partial charge in [0.2, 0.25) is 10.0 Å². The maximum atomic E-state index is 12.0. The molecule has 112 valence electrons. The molecule has 1 saturated carbocycles. The van der Waals surface area contributed by atoms with Gasteiger partial charge >= 0.3 is 0 Å². The van der Waals surface area contributed by atoms with Gasteiger partial charge in [0.1, 0.15) is 0 Å². The number of hydrogen-bond donors (Lipinski definition) is 1. The molecule has 0 aromatic heterocycles. The molecule has 1 N–H and O–H groups in total. The van der Waals surface area contributed by atoms with E-state index < -0.39 is 10.0 Å². The van der Waals surface area contributed by atoms with Gasteiger partial charge in [0, 0.05) is 26.3 Å². The van der Waals surface area contributed by atoms with Crippen LogP contribution >= 0.6 is 0 Å². The first-order chi connectivity index (χ1) is 9.49. The van der Waals surface area contributed by atoms with E-state index in [1.807, 2.05) is 19.0 Å². The first kappa shape index (κ1) is 15.3. The molecule has 2 rings (SSSR count). The van der Waals surface area contributed by atoms with Gasteiger partial charge in [0.05, 0.1) is 5.25 Å². The molecule has 0 saturated heterocycles. The van der Waals surface area contributed by atoms with Crippen molar-refractivity contribution in [2.75, 3.05) is 25.5 Å². The molecule has 20 heavy (non-hydrogen) atoms. The predicted molar refractivity (Wildman–Crippen MR) is 83.7 cm³/mol. The summed E-state index contributed by atoms with van der Waals surface area (Å²) < 4.78 is 26.8. The molecule has 0 aliphatic heterocycles. The van der Waals surface area contributed by atoms with Gasteiger partial charge in [0.25, 0.3) is 0 Å². The van der Waals surface area contributed by atoms with Crippen LogP contribution in [0.4, 0.5) is 5.69 Å². The molecule has 0 atom stereocenters. The Morgan fingerprint density at radius 2 is 1.75 bits per heavy atom. The average molecular weight is 296 g/mol. The highest BCUT2D eigenvalue weighted by Gasteiger charge is 2.27. The van der Waals surface area contributed by atoms with Crippen molar-refractivity contribution in [1.82, 2.24) is 4.72 Å². The third-order valence-corrected chi connectivity index (χ3v) is 5.87. The van der Waals surface area contributed by atoms with Crippen molar-refractivity contribution in [1.29, 1.82) is 0 Å². The van der Waals surface area contributed by atoms with Crippen molar-refractivity contribution in [2.24, 2.45) is 0 Å². The Morgan fingerprint density at radius 1 is 1.15 bits per heavy atom. The lowest BCUT2D eigenvalue weighted by atomic mass is 10.1. The van der Waals surface area contributed by atoms with E-state index in [0.717, 1.165) is 43.4 Å². The number of nitrogens with one attached hydrogen (secondary N) is 1. The Morgan fingerprint density at radius 3 is 2.30 bits per heavy atom. The van der Waals surface area contributed by atoms with Gasteiger partial charge < -0.3 is 4.90 Å². The molecular weight excluding hydrogens is 272 g/mol. The molecule has 0 radical (unpaired) electrons. The second kappa shape index (κ2) is 6.59. The average Bonchev–Trinajstić information content (AvgIpc) is 2.94. The first-order valence-corrected chi connectivity index (χ1v) is 8.78. The van der Waals surface area contributed by atoms with Crippen molar-refractivity contribution in [3.8, 4) is 0 Å². The van der Waals surface area contributed by atoms with Gasteiger partial charge in [0.15, 0.2) is 0 Å². The molecule has 1 fully saturated rings. The number of hydrogen-bond acceptors (Lipinski definition) is 3. The van der Waals surface area contributed by atoms with Crippen molar-refractivity contribution >= 4 is 15.7 Å². The molecule has 5 heteroatoms. The summed E-state index contributed by atoms with van der Waals surface area (Å²) in [5.74, 6) is 0. The van der Waals surface area contributed by atoms with Gasteiger partial charge in [-0.2, -0.15) is 0 Å². The number of sulfonamides is 1. The smallest absolute Gasteiger partial charge is 0.214 e. The summed E-state index contributed by atoms with van der Waals surface area (Å²) in [5.41, 5.74) is 2.31. The molecule has 1 aliphatic carbocycles. The topological polar surface area (TPSA) is 49.4 Å². The van der Waals surface area contributed by atoms with Gasteiger partial charge in [-0.15, -0.1) is 0 Å². The van der Waals surface area contributed by atoms with Crippen LogP contribution in [0.5, 0.6) is 0 Å². The van der Waals surface area contributed by atoms with Crippen LogP contribution in [0, 0.1) is 0 Å². The molecule has 0 bridgehead atoms. The van der Waals surface area contributed by atoms with Crippen molar-refractivity contribution in [3.05, 3.63) is 29.8 Å². The highest BCUT2D eigenvalue weighted by Crippen LogP contribution is 2.23. The quantitative estimate of drug-likeness (QED) is 0.875. The van der Waals surface area contributed by atoms with Crippen molar-refractivity contribution in [2.45, 2.75) is 37.4 Å². The summed E-state index contributed by atoms with van der Waals surface area (Å²) in [7, 11) is 0.899. The molecule has 1 aromatic carbocycles. The molecular formula is C15H24N2O2S. The minimum absolute atomic E-state index is 0.168. The summed E-state index contributed by atoms with van der Waals surface area (Å²) >= 11 is 0. The molecule has 0 heterocycles. The minimum Gasteiger partial charge on any atom is -0.378 e. The number of anilines is 1. The summed E-state index contributed by atoms with van der Waals surface area (Å²) in [5, 5.41) is -0.168. The van der Waals surface area contributed by atoms with E-state index in [4.69, 9.17) is 0 Å². The number of benzene rings is 1. The first-order valence-electron chi connectivity index (χ1n) is 7.24. The second-order valence-corrected chi connectivity index (χ2v) is 7.70. The highest BCUT2D eigenvalue weighted by molar-refractivity contribution is 7.90. The number of rotatable bonds is 6. The molecule has 1 aromatic rings. The van der Waals surface area contributed by atoms with Crippen LogP contribution in [0.3, 0.4) is 0 Å². The van der Waals surface area contributed by atoms with E-state index in [2.05, 4.69) is 29.0 Å². The third kappa shape index (κ3) is 3.96. The predicted octanol–water partition coefficient (Wildman–Crippen LogP) is 2.16. The lowest BCUT2D eigenvalue weighted by molar-refractivity contribution is 0.565. The van der Waals surface area contributed by atoms with E-state index in [1.165, 1.54) is 0 Å². The van der Waals surface area contributed by atoms with Gasteiger partial charge in [-0.3, -0.25) is 0 Å². The standard InChI is InChI=1S/C15H24N2O2S/c1-17(2)14-9-7-13(8-10-14)11-12-16-20(18,19)15-5-3-4-6-15/h7-10,15-16H,3-6,11-12H2,1-2H3. The second-order valence-electron chi connectivity index (χ2n) is 5.66. The summed E-state index contributed by atoms with van der Waals surface area (Å²) in [6.45, 7) is 0.486. The van der Waals surface area contributed by atoms with Crippen LogP contribution in [0.25, 0.3) is 0 Å². The molecule has 1 aliphatic rings. The lowest BCUT2D eigenvalue weighted by Gasteiger charge is -2.14. The fourth-order valence-corrected chi connectivity index (χ4v) is 4.19. The van der Waals surface area contributed by atoms with Gasteiger partial charge in [-0.1, -0.05) is 25.0 Å². The zero-order valence-corrected chi connectivity index (χ0v) is 13.1. The summed E-state index contributed by atoms with van der Waals surface area (Å²) in [4.78, 5) is 2.05. The summed E-state index contributed by atoms with van der Waals surface area (Å²) in [6.07, 6.45) is 4.44. The fraction of sp³-hybridized carbons (Fsp3) is 0.600. The SMILES string of the molecule is CN(C)c1ccc(CCNS(=O)(=O)C2CCCC2)cc1. The maximum absolute atomic E-state index is 12.0. The van der Waals surface area contributed by atoms with Crippen LogP contribution in [-0.4, -0.2) is 34.3 Å². The zero-order valence-electron chi connectivity index (χ0n) is 12.3. The highest BCUT2D eigenvalue weighted by atomic mass is 32.2.